The van der Waals surface area contributed by atoms with Crippen molar-refractivity contribution in [3.05, 3.63) is 52.3 Å². The SMILES string of the molecule is Cc1nn(-c2ccccc2)c2oc(-c3nn[nH]n3)cc(=O)c12. The van der Waals surface area contributed by atoms with Crippen molar-refractivity contribution in [3.63, 3.8) is 0 Å². The Hall–Kier alpha value is -3.29. The summed E-state index contributed by atoms with van der Waals surface area (Å²) in [6, 6.07) is 10.8. The Balaban J connectivity index is 2.05. The number of rotatable bonds is 2. The van der Waals surface area contributed by atoms with E-state index in [9.17, 15) is 4.79 Å². The van der Waals surface area contributed by atoms with E-state index < -0.39 is 0 Å². The number of hydrogen-bond donors (Lipinski definition) is 1. The molecule has 0 amide bonds. The molecule has 0 unspecified atom stereocenters. The summed E-state index contributed by atoms with van der Waals surface area (Å²) in [5.41, 5.74) is 1.57. The zero-order chi connectivity index (χ0) is 15.1. The van der Waals surface area contributed by atoms with E-state index in [1.54, 1.807) is 11.6 Å². The molecule has 3 aromatic heterocycles. The molecule has 4 aromatic rings. The molecule has 0 fully saturated rings. The summed E-state index contributed by atoms with van der Waals surface area (Å²) in [6.07, 6.45) is 0. The predicted octanol–water partition coefficient (Wildman–Crippen LogP) is 1.47. The third-order valence-electron chi connectivity index (χ3n) is 3.30. The largest absolute Gasteiger partial charge is 0.434 e. The molecule has 8 heteroatoms. The zero-order valence-electron chi connectivity index (χ0n) is 11.5. The molecule has 3 heterocycles. The summed E-state index contributed by atoms with van der Waals surface area (Å²) < 4.78 is 7.40. The molecule has 0 aliphatic rings. The van der Waals surface area contributed by atoms with Crippen molar-refractivity contribution in [1.82, 2.24) is 30.4 Å². The fourth-order valence-electron chi connectivity index (χ4n) is 2.33. The van der Waals surface area contributed by atoms with Crippen LogP contribution in [-0.4, -0.2) is 30.4 Å². The first kappa shape index (κ1) is 12.5. The third-order valence-corrected chi connectivity index (χ3v) is 3.30. The van der Waals surface area contributed by atoms with Gasteiger partial charge in [0.15, 0.2) is 11.2 Å². The van der Waals surface area contributed by atoms with Gasteiger partial charge in [-0.3, -0.25) is 4.79 Å². The van der Waals surface area contributed by atoms with Crippen molar-refractivity contribution in [1.29, 1.82) is 0 Å². The monoisotopic (exact) mass is 294 g/mol. The molecule has 0 saturated heterocycles. The summed E-state index contributed by atoms with van der Waals surface area (Å²) in [4.78, 5) is 12.4. The number of hydrogen-bond acceptors (Lipinski definition) is 6. The number of tetrazole rings is 1. The van der Waals surface area contributed by atoms with Gasteiger partial charge in [-0.1, -0.05) is 18.2 Å². The molecule has 0 aliphatic heterocycles. The lowest BCUT2D eigenvalue weighted by Crippen LogP contribution is -2.02. The summed E-state index contributed by atoms with van der Waals surface area (Å²) in [7, 11) is 0. The van der Waals surface area contributed by atoms with E-state index >= 15 is 0 Å². The first-order chi connectivity index (χ1) is 10.7. The highest BCUT2D eigenvalue weighted by molar-refractivity contribution is 5.79. The molecule has 0 bridgehead atoms. The minimum absolute atomic E-state index is 0.194. The Morgan fingerprint density at radius 1 is 1.23 bits per heavy atom. The standard InChI is InChI=1S/C14H10N6O2/c1-8-12-10(21)7-11(13-15-18-19-16-13)22-14(12)20(17-8)9-5-3-2-4-6-9/h2-7H,1H3,(H,15,16,18,19). The fraction of sp³-hybridized carbons (Fsp3) is 0.0714. The van der Waals surface area contributed by atoms with Crippen LogP contribution in [0.25, 0.3) is 28.4 Å². The number of aromatic amines is 1. The van der Waals surface area contributed by atoms with Gasteiger partial charge in [0, 0.05) is 6.07 Å². The van der Waals surface area contributed by atoms with Crippen molar-refractivity contribution in [2.45, 2.75) is 6.92 Å². The number of fused-ring (bicyclic) bond motifs is 1. The minimum atomic E-state index is -0.194. The second-order valence-electron chi connectivity index (χ2n) is 4.72. The topological polar surface area (TPSA) is 102 Å². The van der Waals surface area contributed by atoms with Gasteiger partial charge in [-0.05, 0) is 24.3 Å². The lowest BCUT2D eigenvalue weighted by molar-refractivity contribution is 0.582. The van der Waals surface area contributed by atoms with Gasteiger partial charge in [-0.15, -0.1) is 10.2 Å². The number of H-pyrrole nitrogens is 1. The minimum Gasteiger partial charge on any atom is -0.434 e. The molecule has 0 saturated carbocycles. The average molecular weight is 294 g/mol. The van der Waals surface area contributed by atoms with Crippen LogP contribution in [0.1, 0.15) is 5.69 Å². The van der Waals surface area contributed by atoms with Crippen LogP contribution < -0.4 is 5.43 Å². The van der Waals surface area contributed by atoms with Crippen molar-refractivity contribution in [2.75, 3.05) is 0 Å². The summed E-state index contributed by atoms with van der Waals surface area (Å²) in [6.45, 7) is 1.77. The number of para-hydroxylation sites is 1. The maximum atomic E-state index is 12.4. The van der Waals surface area contributed by atoms with Gasteiger partial charge in [0.2, 0.25) is 11.5 Å². The molecule has 8 nitrogen and oxygen atoms in total. The Morgan fingerprint density at radius 3 is 2.77 bits per heavy atom. The normalized spacial score (nSPS) is 11.1. The van der Waals surface area contributed by atoms with Gasteiger partial charge in [0.25, 0.3) is 0 Å². The Bertz CT molecular complexity index is 1000. The van der Waals surface area contributed by atoms with Crippen molar-refractivity contribution in [2.24, 2.45) is 0 Å². The van der Waals surface area contributed by atoms with E-state index in [0.717, 1.165) is 5.69 Å². The van der Waals surface area contributed by atoms with Gasteiger partial charge in [-0.25, -0.2) is 0 Å². The maximum absolute atomic E-state index is 12.4. The van der Waals surface area contributed by atoms with Gasteiger partial charge >= 0.3 is 0 Å². The summed E-state index contributed by atoms with van der Waals surface area (Å²) >= 11 is 0. The van der Waals surface area contributed by atoms with Crippen LogP contribution in [0.15, 0.2) is 45.6 Å². The van der Waals surface area contributed by atoms with Crippen molar-refractivity contribution < 1.29 is 4.42 Å². The molecule has 0 atom stereocenters. The highest BCUT2D eigenvalue weighted by Crippen LogP contribution is 2.23. The average Bonchev–Trinajstić information content (AvgIpc) is 3.16. The number of aromatic nitrogens is 6. The quantitative estimate of drug-likeness (QED) is 0.600. The Labute approximate surface area is 123 Å². The van der Waals surface area contributed by atoms with Crippen molar-refractivity contribution in [3.8, 4) is 17.3 Å². The van der Waals surface area contributed by atoms with Crippen LogP contribution in [0.2, 0.25) is 0 Å². The summed E-state index contributed by atoms with van der Waals surface area (Å²) in [5.74, 6) is 0.459. The molecule has 0 aliphatic carbocycles. The van der Waals surface area contributed by atoms with Crippen LogP contribution >= 0.6 is 0 Å². The van der Waals surface area contributed by atoms with Crippen molar-refractivity contribution >= 4 is 11.1 Å². The van der Waals surface area contributed by atoms with Crippen LogP contribution in [0.4, 0.5) is 0 Å². The van der Waals surface area contributed by atoms with Crippen LogP contribution in [-0.2, 0) is 0 Å². The van der Waals surface area contributed by atoms with E-state index in [1.807, 2.05) is 30.3 Å². The number of aryl methyl sites for hydroxylation is 1. The third kappa shape index (κ3) is 1.81. The Kier molecular flexibility index (Phi) is 2.62. The van der Waals surface area contributed by atoms with E-state index in [2.05, 4.69) is 25.7 Å². The molecule has 4 rings (SSSR count). The molecule has 1 aromatic carbocycles. The highest BCUT2D eigenvalue weighted by atomic mass is 16.3. The fourth-order valence-corrected chi connectivity index (χ4v) is 2.33. The maximum Gasteiger partial charge on any atom is 0.240 e. The molecule has 22 heavy (non-hydrogen) atoms. The van der Waals surface area contributed by atoms with Gasteiger partial charge in [-0.2, -0.15) is 15.0 Å². The second-order valence-corrected chi connectivity index (χ2v) is 4.72. The molecular formula is C14H10N6O2. The van der Waals surface area contributed by atoms with Crippen LogP contribution in [0.5, 0.6) is 0 Å². The number of benzene rings is 1. The predicted molar refractivity (Wildman–Crippen MR) is 77.5 cm³/mol. The second kappa shape index (κ2) is 4.62. The number of nitrogens with one attached hydrogen (secondary N) is 1. The highest BCUT2D eigenvalue weighted by Gasteiger charge is 2.18. The summed E-state index contributed by atoms with van der Waals surface area (Å²) in [5, 5.41) is 18.3. The molecular weight excluding hydrogens is 284 g/mol. The molecule has 1 N–H and O–H groups in total. The first-order valence-corrected chi connectivity index (χ1v) is 6.57. The first-order valence-electron chi connectivity index (χ1n) is 6.57. The molecule has 0 radical (unpaired) electrons. The van der Waals surface area contributed by atoms with Crippen LogP contribution in [0, 0.1) is 6.92 Å². The smallest absolute Gasteiger partial charge is 0.240 e. The van der Waals surface area contributed by atoms with Gasteiger partial charge in [0.1, 0.15) is 5.39 Å². The molecule has 108 valence electrons. The van der Waals surface area contributed by atoms with E-state index in [-0.39, 0.29) is 17.0 Å². The molecule has 0 spiro atoms. The zero-order valence-corrected chi connectivity index (χ0v) is 11.5. The van der Waals surface area contributed by atoms with Gasteiger partial charge in [0.05, 0.1) is 11.4 Å². The van der Waals surface area contributed by atoms with E-state index in [4.69, 9.17) is 4.42 Å². The Morgan fingerprint density at radius 2 is 2.05 bits per heavy atom. The van der Waals surface area contributed by atoms with Crippen LogP contribution in [0.3, 0.4) is 0 Å². The lowest BCUT2D eigenvalue weighted by atomic mass is 10.2. The van der Waals surface area contributed by atoms with E-state index in [0.29, 0.717) is 16.8 Å². The van der Waals surface area contributed by atoms with Gasteiger partial charge < -0.3 is 4.42 Å². The lowest BCUT2D eigenvalue weighted by Gasteiger charge is -2.02. The van der Waals surface area contributed by atoms with E-state index in [1.165, 1.54) is 6.07 Å². The number of nitrogens with zero attached hydrogens (tertiary/aromatic N) is 5.